The van der Waals surface area contributed by atoms with Crippen LogP contribution in [0.15, 0.2) is 54.6 Å². The predicted octanol–water partition coefficient (Wildman–Crippen LogP) is 4.39. The number of anilines is 1. The number of aliphatic hydroxyl groups excluding tert-OH is 2. The van der Waals surface area contributed by atoms with Gasteiger partial charge in [-0.3, -0.25) is 9.59 Å². The Morgan fingerprint density at radius 2 is 1.69 bits per heavy atom. The van der Waals surface area contributed by atoms with Crippen molar-refractivity contribution in [1.82, 2.24) is 4.57 Å². The van der Waals surface area contributed by atoms with E-state index < -0.39 is 24.6 Å². The van der Waals surface area contributed by atoms with Crippen LogP contribution >= 0.6 is 0 Å². The van der Waals surface area contributed by atoms with E-state index in [2.05, 4.69) is 5.32 Å². The van der Waals surface area contributed by atoms with Gasteiger partial charge in [0.15, 0.2) is 0 Å². The molecule has 1 aromatic heterocycles. The van der Waals surface area contributed by atoms with Gasteiger partial charge in [0.1, 0.15) is 11.5 Å². The topological polar surface area (TPSA) is 112 Å². The number of nitrogens with zero attached hydrogens (tertiary/aromatic N) is 1. The van der Waals surface area contributed by atoms with Gasteiger partial charge < -0.3 is 25.2 Å². The third-order valence-corrected chi connectivity index (χ3v) is 5.98. The minimum absolute atomic E-state index is 0.0641. The first-order valence-corrected chi connectivity index (χ1v) is 11.6. The van der Waals surface area contributed by atoms with Crippen LogP contribution in [0, 0.1) is 12.7 Å². The molecule has 0 radical (unpaired) electrons. The molecule has 0 bridgehead atoms. The summed E-state index contributed by atoms with van der Waals surface area (Å²) in [5.74, 6) is -1.77. The van der Waals surface area contributed by atoms with Crippen LogP contribution in [0.1, 0.15) is 47.9 Å². The molecule has 8 heteroatoms. The molecular weight excluding hydrogens is 451 g/mol. The Hall–Kier alpha value is -3.49. The lowest BCUT2D eigenvalue weighted by atomic mass is 9.97. The smallest absolute Gasteiger partial charge is 0.305 e. The van der Waals surface area contributed by atoms with Crippen LogP contribution in [0.5, 0.6) is 0 Å². The fraction of sp³-hybridized carbons (Fsp3) is 0.333. The fourth-order valence-electron chi connectivity index (χ4n) is 4.44. The van der Waals surface area contributed by atoms with E-state index in [4.69, 9.17) is 5.11 Å². The molecule has 0 aliphatic carbocycles. The lowest BCUT2D eigenvalue weighted by Gasteiger charge is -2.17. The van der Waals surface area contributed by atoms with Gasteiger partial charge in [0, 0.05) is 23.5 Å². The zero-order valence-electron chi connectivity index (χ0n) is 19.9. The van der Waals surface area contributed by atoms with Gasteiger partial charge in [-0.05, 0) is 68.5 Å². The quantitative estimate of drug-likeness (QED) is 0.324. The van der Waals surface area contributed by atoms with Gasteiger partial charge in [-0.15, -0.1) is 0 Å². The number of rotatable bonds is 11. The van der Waals surface area contributed by atoms with Gasteiger partial charge in [0.2, 0.25) is 0 Å². The van der Waals surface area contributed by atoms with Crippen molar-refractivity contribution in [1.29, 1.82) is 0 Å². The molecule has 0 fully saturated rings. The van der Waals surface area contributed by atoms with E-state index in [0.29, 0.717) is 24.3 Å². The number of carboxylic acid groups (broad SMARTS) is 1. The molecule has 186 valence electrons. The van der Waals surface area contributed by atoms with E-state index in [1.165, 1.54) is 12.1 Å². The monoisotopic (exact) mass is 482 g/mol. The summed E-state index contributed by atoms with van der Waals surface area (Å²) >= 11 is 0. The molecule has 7 nitrogen and oxygen atoms in total. The first-order valence-electron chi connectivity index (χ1n) is 11.6. The molecule has 2 atom stereocenters. The van der Waals surface area contributed by atoms with Crippen molar-refractivity contribution in [2.24, 2.45) is 0 Å². The summed E-state index contributed by atoms with van der Waals surface area (Å²) in [5.41, 5.74) is 4.23. The first kappa shape index (κ1) is 26.1. The Morgan fingerprint density at radius 3 is 2.29 bits per heavy atom. The van der Waals surface area contributed by atoms with E-state index in [-0.39, 0.29) is 24.6 Å². The molecule has 0 aliphatic heterocycles. The van der Waals surface area contributed by atoms with Gasteiger partial charge >= 0.3 is 5.97 Å². The van der Waals surface area contributed by atoms with Crippen LogP contribution in [0.3, 0.4) is 0 Å². The summed E-state index contributed by atoms with van der Waals surface area (Å²) < 4.78 is 15.5. The van der Waals surface area contributed by atoms with Crippen molar-refractivity contribution in [3.8, 4) is 11.1 Å². The standard InChI is InChI=1S/C27H31FN2O5/c1-3-30-23(14-13-21(31)15-22(32)16-24(33)34)25(18-9-11-19(28)12-10-18)17(2)26(30)27(35)29-20-7-5-4-6-8-20/h4-12,21-22,31-32H,3,13-16H2,1-2H3,(H,29,35)(H,33,34). The van der Waals surface area contributed by atoms with Crippen molar-refractivity contribution in [3.05, 3.63) is 77.4 Å². The van der Waals surface area contributed by atoms with Crippen molar-refractivity contribution in [2.75, 3.05) is 5.32 Å². The second-order valence-corrected chi connectivity index (χ2v) is 8.55. The van der Waals surface area contributed by atoms with Crippen LogP contribution < -0.4 is 5.32 Å². The Bertz CT molecular complexity index is 1160. The number of carbonyl (C=O) groups excluding carboxylic acids is 1. The molecule has 0 spiro atoms. The molecule has 1 heterocycles. The largest absolute Gasteiger partial charge is 0.481 e. The van der Waals surface area contributed by atoms with Crippen molar-refractivity contribution < 1.29 is 29.3 Å². The predicted molar refractivity (Wildman–Crippen MR) is 132 cm³/mol. The van der Waals surface area contributed by atoms with E-state index >= 15 is 0 Å². The number of aliphatic carboxylic acids is 1. The minimum Gasteiger partial charge on any atom is -0.481 e. The molecular formula is C27H31FN2O5. The molecule has 2 aromatic carbocycles. The number of halogens is 1. The number of carboxylic acids is 1. The van der Waals surface area contributed by atoms with Crippen LogP contribution in [-0.4, -0.2) is 44.0 Å². The number of amides is 1. The number of aliphatic hydroxyl groups is 2. The average Bonchev–Trinajstić information content (AvgIpc) is 3.09. The Morgan fingerprint density at radius 1 is 1.03 bits per heavy atom. The molecule has 0 saturated carbocycles. The van der Waals surface area contributed by atoms with Gasteiger partial charge in [-0.25, -0.2) is 4.39 Å². The maximum absolute atomic E-state index is 13.6. The molecule has 35 heavy (non-hydrogen) atoms. The molecule has 3 rings (SSSR count). The Kier molecular flexibility index (Phi) is 8.78. The van der Waals surface area contributed by atoms with Gasteiger partial charge in [0.25, 0.3) is 5.91 Å². The van der Waals surface area contributed by atoms with E-state index in [1.807, 2.05) is 36.6 Å². The molecule has 2 unspecified atom stereocenters. The van der Waals surface area contributed by atoms with Crippen molar-refractivity contribution >= 4 is 17.6 Å². The third kappa shape index (κ3) is 6.55. The van der Waals surface area contributed by atoms with Gasteiger partial charge in [-0.1, -0.05) is 30.3 Å². The first-order chi connectivity index (χ1) is 16.7. The highest BCUT2D eigenvalue weighted by molar-refractivity contribution is 6.05. The summed E-state index contributed by atoms with van der Waals surface area (Å²) in [7, 11) is 0. The lowest BCUT2D eigenvalue weighted by molar-refractivity contribution is -0.139. The summed E-state index contributed by atoms with van der Waals surface area (Å²) in [6.45, 7) is 4.26. The third-order valence-electron chi connectivity index (χ3n) is 5.98. The number of para-hydroxylation sites is 1. The zero-order chi connectivity index (χ0) is 25.5. The van der Waals surface area contributed by atoms with Crippen molar-refractivity contribution in [3.63, 3.8) is 0 Å². The highest BCUT2D eigenvalue weighted by atomic mass is 19.1. The number of benzene rings is 2. The second kappa shape index (κ2) is 11.8. The average molecular weight is 483 g/mol. The number of hydrogen-bond donors (Lipinski definition) is 4. The highest BCUT2D eigenvalue weighted by Gasteiger charge is 2.26. The highest BCUT2D eigenvalue weighted by Crippen LogP contribution is 2.34. The van der Waals surface area contributed by atoms with Crippen molar-refractivity contribution in [2.45, 2.75) is 58.3 Å². The van der Waals surface area contributed by atoms with Crippen LogP contribution in [-0.2, 0) is 17.8 Å². The summed E-state index contributed by atoms with van der Waals surface area (Å²) in [6.07, 6.45) is -1.94. The van der Waals surface area contributed by atoms with Crippen LogP contribution in [0.25, 0.3) is 11.1 Å². The van der Waals surface area contributed by atoms with E-state index in [9.17, 15) is 24.2 Å². The minimum atomic E-state index is -1.15. The summed E-state index contributed by atoms with van der Waals surface area (Å²) in [4.78, 5) is 24.1. The summed E-state index contributed by atoms with van der Waals surface area (Å²) in [6, 6.07) is 15.2. The number of hydrogen-bond acceptors (Lipinski definition) is 4. The number of aromatic nitrogens is 1. The van der Waals surface area contributed by atoms with E-state index in [1.54, 1.807) is 24.3 Å². The SMILES string of the molecule is CCn1c(CCC(O)CC(O)CC(=O)O)c(-c2ccc(F)cc2)c(C)c1C(=O)Nc1ccccc1. The zero-order valence-corrected chi connectivity index (χ0v) is 19.9. The van der Waals surface area contributed by atoms with Gasteiger partial charge in [0.05, 0.1) is 18.6 Å². The molecule has 3 aromatic rings. The second-order valence-electron chi connectivity index (χ2n) is 8.55. The summed E-state index contributed by atoms with van der Waals surface area (Å²) in [5, 5.41) is 32.1. The fourth-order valence-corrected chi connectivity index (χ4v) is 4.44. The maximum Gasteiger partial charge on any atom is 0.305 e. The molecule has 4 N–H and O–H groups in total. The normalized spacial score (nSPS) is 12.8. The molecule has 1 amide bonds. The number of carbonyl (C=O) groups is 2. The Labute approximate surface area is 203 Å². The van der Waals surface area contributed by atoms with Gasteiger partial charge in [-0.2, -0.15) is 0 Å². The van der Waals surface area contributed by atoms with Crippen LogP contribution in [0.4, 0.5) is 10.1 Å². The van der Waals surface area contributed by atoms with Crippen LogP contribution in [0.2, 0.25) is 0 Å². The maximum atomic E-state index is 13.6. The Balaban J connectivity index is 1.97. The lowest BCUT2D eigenvalue weighted by Crippen LogP contribution is -2.22. The van der Waals surface area contributed by atoms with E-state index in [0.717, 1.165) is 22.4 Å². The number of nitrogens with one attached hydrogen (secondary N) is 1. The molecule has 0 saturated heterocycles. The molecule has 0 aliphatic rings.